The van der Waals surface area contributed by atoms with E-state index >= 15 is 0 Å². The van der Waals surface area contributed by atoms with Gasteiger partial charge in [-0.3, -0.25) is 4.90 Å². The second-order valence-corrected chi connectivity index (χ2v) is 4.43. The van der Waals surface area contributed by atoms with Crippen LogP contribution < -0.4 is 0 Å². The van der Waals surface area contributed by atoms with E-state index in [4.69, 9.17) is 0 Å². The van der Waals surface area contributed by atoms with E-state index < -0.39 is 0 Å². The molecule has 88 valence electrons. The molecule has 1 aromatic carbocycles. The first-order valence-electron chi connectivity index (χ1n) is 5.81. The Balaban J connectivity index is 1.86. The van der Waals surface area contributed by atoms with Crippen LogP contribution in [0.15, 0.2) is 30.3 Å². The molecule has 0 spiro atoms. The lowest BCUT2D eigenvalue weighted by Gasteiger charge is -2.21. The Morgan fingerprint density at radius 3 is 2.75 bits per heavy atom. The fraction of sp³-hybridized carbons (Fsp3) is 0.538. The van der Waals surface area contributed by atoms with Crippen molar-refractivity contribution in [2.45, 2.75) is 25.0 Å². The number of halogens is 1. The molecular weight excluding hydrogens is 205 g/mol. The Morgan fingerprint density at radius 1 is 1.31 bits per heavy atom. The largest absolute Gasteiger partial charge is 0.392 e. The standard InChI is InChI=1S/C13H18FNO/c14-9-12-8-13(16)10-15(12)7-6-11-4-2-1-3-5-11/h1-5,12-13,16H,6-10H2. The fourth-order valence-corrected chi connectivity index (χ4v) is 2.31. The molecule has 0 radical (unpaired) electrons. The highest BCUT2D eigenvalue weighted by Gasteiger charge is 2.30. The van der Waals surface area contributed by atoms with Gasteiger partial charge in [0, 0.05) is 19.1 Å². The topological polar surface area (TPSA) is 23.5 Å². The van der Waals surface area contributed by atoms with Gasteiger partial charge in [-0.25, -0.2) is 4.39 Å². The van der Waals surface area contributed by atoms with Gasteiger partial charge in [-0.1, -0.05) is 30.3 Å². The summed E-state index contributed by atoms with van der Waals surface area (Å²) in [5.74, 6) is 0. The van der Waals surface area contributed by atoms with Gasteiger partial charge < -0.3 is 5.11 Å². The van der Waals surface area contributed by atoms with E-state index in [1.165, 1.54) is 5.56 Å². The third-order valence-corrected chi connectivity index (χ3v) is 3.21. The van der Waals surface area contributed by atoms with Crippen LogP contribution in [-0.4, -0.2) is 41.9 Å². The first-order chi connectivity index (χ1) is 7.79. The number of rotatable bonds is 4. The van der Waals surface area contributed by atoms with Crippen molar-refractivity contribution in [2.75, 3.05) is 19.8 Å². The maximum absolute atomic E-state index is 12.7. The number of likely N-dealkylation sites (tertiary alicyclic amines) is 1. The van der Waals surface area contributed by atoms with Gasteiger partial charge in [0.15, 0.2) is 0 Å². The summed E-state index contributed by atoms with van der Waals surface area (Å²) in [4.78, 5) is 2.05. The van der Waals surface area contributed by atoms with E-state index in [0.717, 1.165) is 13.0 Å². The predicted molar refractivity (Wildman–Crippen MR) is 62.1 cm³/mol. The molecule has 2 rings (SSSR count). The molecule has 1 N–H and O–H groups in total. The maximum atomic E-state index is 12.7. The molecule has 0 aliphatic carbocycles. The molecule has 0 aromatic heterocycles. The number of hydrogen-bond acceptors (Lipinski definition) is 2. The lowest BCUT2D eigenvalue weighted by molar-refractivity contribution is 0.174. The molecule has 1 aliphatic rings. The Morgan fingerprint density at radius 2 is 2.06 bits per heavy atom. The SMILES string of the molecule is OC1CC(CF)N(CCc2ccccc2)C1. The summed E-state index contributed by atoms with van der Waals surface area (Å²) in [6.45, 7) is 1.09. The molecule has 1 aliphatic heterocycles. The van der Waals surface area contributed by atoms with Gasteiger partial charge in [0.2, 0.25) is 0 Å². The first-order valence-corrected chi connectivity index (χ1v) is 5.81. The number of β-amino-alcohol motifs (C(OH)–C–C–N with tert-alkyl or cyclic N) is 1. The Labute approximate surface area is 95.7 Å². The van der Waals surface area contributed by atoms with Crippen molar-refractivity contribution in [3.8, 4) is 0 Å². The minimum absolute atomic E-state index is 0.0845. The summed E-state index contributed by atoms with van der Waals surface area (Å²) in [5, 5.41) is 9.49. The molecule has 3 heteroatoms. The molecular formula is C13H18FNO. The normalized spacial score (nSPS) is 26.1. The fourth-order valence-electron chi connectivity index (χ4n) is 2.31. The molecule has 1 fully saturated rings. The van der Waals surface area contributed by atoms with Crippen LogP contribution >= 0.6 is 0 Å². The van der Waals surface area contributed by atoms with Crippen LogP contribution in [0.3, 0.4) is 0 Å². The molecule has 1 aromatic rings. The summed E-state index contributed by atoms with van der Waals surface area (Å²) in [6, 6.07) is 10.1. The third-order valence-electron chi connectivity index (χ3n) is 3.21. The molecule has 0 bridgehead atoms. The van der Waals surface area contributed by atoms with Crippen LogP contribution in [0, 0.1) is 0 Å². The zero-order valence-electron chi connectivity index (χ0n) is 9.35. The summed E-state index contributed by atoms with van der Waals surface area (Å²) in [5.41, 5.74) is 1.27. The predicted octanol–water partition coefficient (Wildman–Crippen LogP) is 1.63. The van der Waals surface area contributed by atoms with Gasteiger partial charge in [0.1, 0.15) is 6.67 Å². The van der Waals surface area contributed by atoms with Crippen molar-refractivity contribution in [3.63, 3.8) is 0 Å². The average Bonchev–Trinajstić information content (AvgIpc) is 2.68. The highest BCUT2D eigenvalue weighted by molar-refractivity contribution is 5.15. The molecule has 2 atom stereocenters. The van der Waals surface area contributed by atoms with E-state index in [-0.39, 0.29) is 18.8 Å². The Hall–Kier alpha value is -0.930. The Bertz CT molecular complexity index is 317. The molecule has 16 heavy (non-hydrogen) atoms. The van der Waals surface area contributed by atoms with Crippen LogP contribution in [0.2, 0.25) is 0 Å². The van der Waals surface area contributed by atoms with Crippen LogP contribution in [0.25, 0.3) is 0 Å². The average molecular weight is 223 g/mol. The highest BCUT2D eigenvalue weighted by atomic mass is 19.1. The quantitative estimate of drug-likeness (QED) is 0.838. The van der Waals surface area contributed by atoms with Gasteiger partial charge in [-0.05, 0) is 18.4 Å². The van der Waals surface area contributed by atoms with E-state index in [2.05, 4.69) is 17.0 Å². The smallest absolute Gasteiger partial charge is 0.105 e. The second kappa shape index (κ2) is 5.41. The molecule has 1 saturated heterocycles. The van der Waals surface area contributed by atoms with Gasteiger partial charge in [-0.15, -0.1) is 0 Å². The highest BCUT2D eigenvalue weighted by Crippen LogP contribution is 2.18. The minimum atomic E-state index is -0.355. The summed E-state index contributed by atoms with van der Waals surface area (Å²) in [6.07, 6.45) is 1.14. The summed E-state index contributed by atoms with van der Waals surface area (Å²) in [7, 11) is 0. The lowest BCUT2D eigenvalue weighted by Crippen LogP contribution is -2.33. The summed E-state index contributed by atoms with van der Waals surface area (Å²) >= 11 is 0. The van der Waals surface area contributed by atoms with E-state index in [1.54, 1.807) is 0 Å². The van der Waals surface area contributed by atoms with Crippen molar-refractivity contribution in [1.82, 2.24) is 4.90 Å². The lowest BCUT2D eigenvalue weighted by atomic mass is 10.1. The number of hydrogen-bond donors (Lipinski definition) is 1. The number of alkyl halides is 1. The zero-order chi connectivity index (χ0) is 11.4. The second-order valence-electron chi connectivity index (χ2n) is 4.43. The molecule has 2 nitrogen and oxygen atoms in total. The zero-order valence-corrected chi connectivity index (χ0v) is 9.35. The van der Waals surface area contributed by atoms with Gasteiger partial charge in [0.05, 0.1) is 6.10 Å². The van der Waals surface area contributed by atoms with Gasteiger partial charge >= 0.3 is 0 Å². The first kappa shape index (κ1) is 11.6. The number of nitrogens with zero attached hydrogens (tertiary/aromatic N) is 1. The minimum Gasteiger partial charge on any atom is -0.392 e. The number of aliphatic hydroxyl groups excluding tert-OH is 1. The molecule has 0 amide bonds. The molecule has 1 heterocycles. The van der Waals surface area contributed by atoms with E-state index in [9.17, 15) is 9.50 Å². The van der Waals surface area contributed by atoms with Crippen molar-refractivity contribution in [2.24, 2.45) is 0 Å². The maximum Gasteiger partial charge on any atom is 0.105 e. The number of benzene rings is 1. The van der Waals surface area contributed by atoms with E-state index in [0.29, 0.717) is 13.0 Å². The van der Waals surface area contributed by atoms with Crippen molar-refractivity contribution >= 4 is 0 Å². The van der Waals surface area contributed by atoms with Crippen molar-refractivity contribution in [1.29, 1.82) is 0 Å². The monoisotopic (exact) mass is 223 g/mol. The van der Waals surface area contributed by atoms with E-state index in [1.807, 2.05) is 18.2 Å². The van der Waals surface area contributed by atoms with Crippen molar-refractivity contribution in [3.05, 3.63) is 35.9 Å². The number of aliphatic hydroxyl groups is 1. The van der Waals surface area contributed by atoms with Crippen LogP contribution in [0.1, 0.15) is 12.0 Å². The van der Waals surface area contributed by atoms with Gasteiger partial charge in [0.25, 0.3) is 0 Å². The van der Waals surface area contributed by atoms with Crippen LogP contribution in [0.5, 0.6) is 0 Å². The van der Waals surface area contributed by atoms with Crippen molar-refractivity contribution < 1.29 is 9.50 Å². The van der Waals surface area contributed by atoms with Crippen LogP contribution in [0.4, 0.5) is 4.39 Å². The third kappa shape index (κ3) is 2.80. The van der Waals surface area contributed by atoms with Gasteiger partial charge in [-0.2, -0.15) is 0 Å². The molecule has 0 saturated carbocycles. The van der Waals surface area contributed by atoms with Crippen LogP contribution in [-0.2, 0) is 6.42 Å². The summed E-state index contributed by atoms with van der Waals surface area (Å²) < 4.78 is 12.7. The Kier molecular flexibility index (Phi) is 3.91. The molecule has 2 unspecified atom stereocenters.